The van der Waals surface area contributed by atoms with Crippen LogP contribution in [0.5, 0.6) is 0 Å². The molecule has 2 heterocycles. The van der Waals surface area contributed by atoms with Gasteiger partial charge in [0.2, 0.25) is 0 Å². The summed E-state index contributed by atoms with van der Waals surface area (Å²) < 4.78 is 1.48. The van der Waals surface area contributed by atoms with Crippen molar-refractivity contribution in [2.75, 3.05) is 0 Å². The van der Waals surface area contributed by atoms with Gasteiger partial charge in [-0.2, -0.15) is 0 Å². The molecule has 2 aromatic rings. The third-order valence-corrected chi connectivity index (χ3v) is 2.19. The Morgan fingerprint density at radius 3 is 2.93 bits per heavy atom. The molecule has 1 N–H and O–H groups in total. The fraction of sp³-hybridized carbons (Fsp3) is 0.100. The Labute approximate surface area is 85.0 Å². The Bertz CT molecular complexity index is 557. The van der Waals surface area contributed by atoms with E-state index in [4.69, 9.17) is 5.11 Å². The van der Waals surface area contributed by atoms with Crippen molar-refractivity contribution in [2.24, 2.45) is 0 Å². The molecule has 0 fully saturated rings. The number of imidazole rings is 1. The zero-order chi connectivity index (χ0) is 11.0. The molecule has 0 bridgehead atoms. The highest BCUT2D eigenvalue weighted by atomic mass is 16.4. The highest BCUT2D eigenvalue weighted by Crippen LogP contribution is 2.13. The molecule has 0 amide bonds. The second-order valence-electron chi connectivity index (χ2n) is 3.21. The van der Waals surface area contributed by atoms with Gasteiger partial charge in [0, 0.05) is 6.20 Å². The number of pyridine rings is 1. The van der Waals surface area contributed by atoms with E-state index in [0.29, 0.717) is 17.6 Å². The van der Waals surface area contributed by atoms with Gasteiger partial charge in [-0.1, -0.05) is 0 Å². The molecule has 5 nitrogen and oxygen atoms in total. The van der Waals surface area contributed by atoms with E-state index < -0.39 is 5.97 Å². The fourth-order valence-corrected chi connectivity index (χ4v) is 1.48. The van der Waals surface area contributed by atoms with Crippen molar-refractivity contribution < 1.29 is 14.7 Å². The smallest absolute Gasteiger partial charge is 0.337 e. The average molecular weight is 204 g/mol. The van der Waals surface area contributed by atoms with E-state index >= 15 is 0 Å². The van der Waals surface area contributed by atoms with Crippen molar-refractivity contribution in [1.29, 1.82) is 0 Å². The van der Waals surface area contributed by atoms with Crippen LogP contribution in [-0.4, -0.2) is 26.7 Å². The quantitative estimate of drug-likeness (QED) is 0.745. The first kappa shape index (κ1) is 9.39. The van der Waals surface area contributed by atoms with Crippen LogP contribution >= 0.6 is 0 Å². The van der Waals surface area contributed by atoms with Crippen LogP contribution < -0.4 is 0 Å². The molecule has 0 atom stereocenters. The summed E-state index contributed by atoms with van der Waals surface area (Å²) in [6.45, 7) is 1.75. The number of carbonyl (C=O) groups excluding carboxylic acids is 1. The molecule has 0 aliphatic carbocycles. The summed E-state index contributed by atoms with van der Waals surface area (Å²) in [4.78, 5) is 25.5. The molecule has 0 aliphatic rings. The fourth-order valence-electron chi connectivity index (χ4n) is 1.48. The maximum atomic E-state index is 10.8. The first-order valence-corrected chi connectivity index (χ1v) is 4.29. The number of hydrogen-bond donors (Lipinski definition) is 1. The van der Waals surface area contributed by atoms with Crippen LogP contribution in [0.1, 0.15) is 26.4 Å². The van der Waals surface area contributed by atoms with Gasteiger partial charge in [-0.15, -0.1) is 0 Å². The molecule has 0 saturated carbocycles. The number of aromatic carboxylic acids is 1. The molecule has 0 radical (unpaired) electrons. The summed E-state index contributed by atoms with van der Waals surface area (Å²) in [5.74, 6) is -1.02. The topological polar surface area (TPSA) is 71.7 Å². The number of carbonyl (C=O) groups is 2. The SMILES string of the molecule is Cc1cc(C(=O)O)cn2c(C=O)cnc12. The number of carboxylic acid groups (broad SMARTS) is 1. The van der Waals surface area contributed by atoms with E-state index in [1.165, 1.54) is 22.9 Å². The zero-order valence-corrected chi connectivity index (χ0v) is 7.97. The average Bonchev–Trinajstić information content (AvgIpc) is 2.60. The van der Waals surface area contributed by atoms with Crippen LogP contribution in [0.25, 0.3) is 5.65 Å². The second-order valence-corrected chi connectivity index (χ2v) is 3.21. The van der Waals surface area contributed by atoms with Crippen LogP contribution in [0.2, 0.25) is 0 Å². The third kappa shape index (κ3) is 1.38. The van der Waals surface area contributed by atoms with Gasteiger partial charge in [0.15, 0.2) is 6.29 Å². The minimum Gasteiger partial charge on any atom is -0.478 e. The van der Waals surface area contributed by atoms with Crippen LogP contribution in [0.4, 0.5) is 0 Å². The van der Waals surface area contributed by atoms with Crippen molar-refractivity contribution >= 4 is 17.9 Å². The Morgan fingerprint density at radius 1 is 1.60 bits per heavy atom. The van der Waals surface area contributed by atoms with Crippen molar-refractivity contribution in [3.63, 3.8) is 0 Å². The molecular weight excluding hydrogens is 196 g/mol. The molecule has 0 aromatic carbocycles. The van der Waals surface area contributed by atoms with Gasteiger partial charge in [0.25, 0.3) is 0 Å². The van der Waals surface area contributed by atoms with Crippen LogP contribution in [0.15, 0.2) is 18.5 Å². The molecule has 5 heteroatoms. The summed E-state index contributed by atoms with van der Waals surface area (Å²) in [6.07, 6.45) is 3.45. The summed E-state index contributed by atoms with van der Waals surface area (Å²) in [5, 5.41) is 8.85. The summed E-state index contributed by atoms with van der Waals surface area (Å²) in [5.41, 5.74) is 1.81. The highest BCUT2D eigenvalue weighted by Gasteiger charge is 2.10. The summed E-state index contributed by atoms with van der Waals surface area (Å²) in [6, 6.07) is 1.53. The van der Waals surface area contributed by atoms with Gasteiger partial charge in [-0.3, -0.25) is 9.20 Å². The number of aromatic nitrogens is 2. The van der Waals surface area contributed by atoms with Crippen LogP contribution in [0, 0.1) is 6.92 Å². The Balaban J connectivity index is 2.82. The van der Waals surface area contributed by atoms with E-state index in [9.17, 15) is 9.59 Å². The van der Waals surface area contributed by atoms with E-state index in [-0.39, 0.29) is 5.56 Å². The minimum absolute atomic E-state index is 0.140. The van der Waals surface area contributed by atoms with Gasteiger partial charge in [0.1, 0.15) is 11.3 Å². The van der Waals surface area contributed by atoms with Gasteiger partial charge in [0.05, 0.1) is 11.8 Å². The largest absolute Gasteiger partial charge is 0.478 e. The molecule has 76 valence electrons. The molecule has 2 aromatic heterocycles. The van der Waals surface area contributed by atoms with Gasteiger partial charge in [-0.05, 0) is 18.6 Å². The van der Waals surface area contributed by atoms with Crippen molar-refractivity contribution in [3.05, 3.63) is 35.3 Å². The summed E-state index contributed by atoms with van der Waals surface area (Å²) >= 11 is 0. The standard InChI is InChI=1S/C10H8N2O3/c1-6-2-7(10(14)15)4-12-8(5-13)3-11-9(6)12/h2-5H,1H3,(H,14,15). The van der Waals surface area contributed by atoms with Gasteiger partial charge >= 0.3 is 5.97 Å². The lowest BCUT2D eigenvalue weighted by atomic mass is 10.2. The van der Waals surface area contributed by atoms with Gasteiger partial charge in [-0.25, -0.2) is 9.78 Å². The number of carboxylic acids is 1. The van der Waals surface area contributed by atoms with E-state index in [1.54, 1.807) is 6.92 Å². The maximum Gasteiger partial charge on any atom is 0.337 e. The molecule has 0 unspecified atom stereocenters. The maximum absolute atomic E-state index is 10.8. The van der Waals surface area contributed by atoms with Crippen molar-refractivity contribution in [2.45, 2.75) is 6.92 Å². The number of aldehydes is 1. The minimum atomic E-state index is -1.02. The van der Waals surface area contributed by atoms with E-state index in [0.717, 1.165) is 5.56 Å². The number of aryl methyl sites for hydroxylation is 1. The molecule has 0 aliphatic heterocycles. The van der Waals surface area contributed by atoms with E-state index in [1.807, 2.05) is 0 Å². The molecule has 0 spiro atoms. The predicted octanol–water partition coefficient (Wildman–Crippen LogP) is 1.15. The lowest BCUT2D eigenvalue weighted by Gasteiger charge is -2.01. The van der Waals surface area contributed by atoms with Crippen LogP contribution in [-0.2, 0) is 0 Å². The number of rotatable bonds is 2. The Hall–Kier alpha value is -2.17. The number of nitrogens with zero attached hydrogens (tertiary/aromatic N) is 2. The monoisotopic (exact) mass is 204 g/mol. The van der Waals surface area contributed by atoms with Gasteiger partial charge < -0.3 is 5.11 Å². The molecule has 0 saturated heterocycles. The lowest BCUT2D eigenvalue weighted by Crippen LogP contribution is -2.02. The Morgan fingerprint density at radius 2 is 2.33 bits per heavy atom. The van der Waals surface area contributed by atoms with Crippen molar-refractivity contribution in [3.8, 4) is 0 Å². The van der Waals surface area contributed by atoms with Crippen LogP contribution in [0.3, 0.4) is 0 Å². The zero-order valence-electron chi connectivity index (χ0n) is 7.97. The van der Waals surface area contributed by atoms with Crippen molar-refractivity contribution in [1.82, 2.24) is 9.38 Å². The predicted molar refractivity (Wildman–Crippen MR) is 52.3 cm³/mol. The molecular formula is C10H8N2O3. The first-order valence-electron chi connectivity index (χ1n) is 4.29. The molecule has 2 rings (SSSR count). The third-order valence-electron chi connectivity index (χ3n) is 2.19. The van der Waals surface area contributed by atoms with E-state index in [2.05, 4.69) is 4.98 Å². The number of fused-ring (bicyclic) bond motifs is 1. The Kier molecular flexibility index (Phi) is 2.00. The highest BCUT2D eigenvalue weighted by molar-refractivity contribution is 5.88. The lowest BCUT2D eigenvalue weighted by molar-refractivity contribution is 0.0696. The number of hydrogen-bond acceptors (Lipinski definition) is 3. The summed E-state index contributed by atoms with van der Waals surface area (Å²) in [7, 11) is 0. The first-order chi connectivity index (χ1) is 7.13. The normalized spacial score (nSPS) is 10.5. The molecule has 15 heavy (non-hydrogen) atoms. The second kappa shape index (κ2) is 3.20.